The van der Waals surface area contributed by atoms with E-state index in [4.69, 9.17) is 5.11 Å². The average molecular weight is 287 g/mol. The van der Waals surface area contributed by atoms with Crippen LogP contribution in [0.25, 0.3) is 0 Å². The van der Waals surface area contributed by atoms with Crippen molar-refractivity contribution in [2.24, 2.45) is 0 Å². The van der Waals surface area contributed by atoms with Crippen molar-refractivity contribution in [2.75, 3.05) is 5.32 Å². The molecule has 1 aromatic rings. The highest BCUT2D eigenvalue weighted by atomic mass is 19.4. The molecule has 0 aliphatic rings. The molecule has 0 aliphatic carbocycles. The van der Waals surface area contributed by atoms with E-state index in [1.165, 1.54) is 13.8 Å². The Balaban J connectivity index is 2.88. The van der Waals surface area contributed by atoms with E-state index in [1.807, 2.05) is 0 Å². The molecule has 0 aromatic heterocycles. The summed E-state index contributed by atoms with van der Waals surface area (Å²) < 4.78 is 37.0. The standard InChI is InChI=1S/C13H12F3NO3/c1-7(8(2)12(19)20)11(18)17-10-5-3-9(4-6-10)13(14,15)16/h3-6H,1-2H3,(H,17,18)(H,19,20). The van der Waals surface area contributed by atoms with Gasteiger partial charge in [-0.1, -0.05) is 0 Å². The molecule has 0 atom stereocenters. The van der Waals surface area contributed by atoms with Crippen molar-refractivity contribution in [2.45, 2.75) is 20.0 Å². The van der Waals surface area contributed by atoms with E-state index in [9.17, 15) is 22.8 Å². The number of alkyl halides is 3. The van der Waals surface area contributed by atoms with Crippen LogP contribution in [0.4, 0.5) is 18.9 Å². The summed E-state index contributed by atoms with van der Waals surface area (Å²) in [5.41, 5.74) is -0.822. The number of amides is 1. The third-order valence-electron chi connectivity index (χ3n) is 2.69. The second-order valence-electron chi connectivity index (χ2n) is 4.08. The highest BCUT2D eigenvalue weighted by molar-refractivity contribution is 6.08. The number of rotatable bonds is 3. The Hall–Kier alpha value is -2.31. The van der Waals surface area contributed by atoms with E-state index < -0.39 is 23.6 Å². The third-order valence-corrected chi connectivity index (χ3v) is 2.69. The number of carboxylic acid groups (broad SMARTS) is 1. The van der Waals surface area contributed by atoms with Gasteiger partial charge in [0.15, 0.2) is 0 Å². The van der Waals surface area contributed by atoms with Gasteiger partial charge in [0.25, 0.3) is 5.91 Å². The van der Waals surface area contributed by atoms with E-state index in [0.717, 1.165) is 24.3 Å². The van der Waals surface area contributed by atoms with Crippen LogP contribution in [0.3, 0.4) is 0 Å². The molecule has 7 heteroatoms. The lowest BCUT2D eigenvalue weighted by Crippen LogP contribution is -2.16. The molecule has 20 heavy (non-hydrogen) atoms. The Bertz CT molecular complexity index is 559. The van der Waals surface area contributed by atoms with Crippen LogP contribution < -0.4 is 5.32 Å². The van der Waals surface area contributed by atoms with E-state index in [0.29, 0.717) is 0 Å². The number of anilines is 1. The highest BCUT2D eigenvalue weighted by Gasteiger charge is 2.30. The van der Waals surface area contributed by atoms with Gasteiger partial charge in [-0.3, -0.25) is 4.79 Å². The summed E-state index contributed by atoms with van der Waals surface area (Å²) >= 11 is 0. The molecule has 0 saturated heterocycles. The second kappa shape index (κ2) is 5.77. The molecule has 2 N–H and O–H groups in total. The van der Waals surface area contributed by atoms with Crippen molar-refractivity contribution in [3.8, 4) is 0 Å². The summed E-state index contributed by atoms with van der Waals surface area (Å²) in [4.78, 5) is 22.4. The summed E-state index contributed by atoms with van der Waals surface area (Å²) in [5.74, 6) is -1.91. The van der Waals surface area contributed by atoms with Crippen molar-refractivity contribution in [3.05, 3.63) is 41.0 Å². The fraction of sp³-hybridized carbons (Fsp3) is 0.231. The van der Waals surface area contributed by atoms with Crippen LogP contribution >= 0.6 is 0 Å². The lowest BCUT2D eigenvalue weighted by atomic mass is 10.1. The fourth-order valence-corrected chi connectivity index (χ4v) is 1.30. The van der Waals surface area contributed by atoms with Crippen LogP contribution in [-0.4, -0.2) is 17.0 Å². The van der Waals surface area contributed by atoms with E-state index in [-0.39, 0.29) is 16.8 Å². The van der Waals surface area contributed by atoms with E-state index in [1.54, 1.807) is 0 Å². The predicted molar refractivity (Wildman–Crippen MR) is 66.1 cm³/mol. The van der Waals surface area contributed by atoms with Crippen LogP contribution in [0.5, 0.6) is 0 Å². The van der Waals surface area contributed by atoms with Crippen molar-refractivity contribution >= 4 is 17.6 Å². The van der Waals surface area contributed by atoms with Crippen LogP contribution in [0.1, 0.15) is 19.4 Å². The molecule has 1 amide bonds. The zero-order valence-electron chi connectivity index (χ0n) is 10.7. The summed E-state index contributed by atoms with van der Waals surface area (Å²) in [6.07, 6.45) is -4.45. The first-order valence-corrected chi connectivity index (χ1v) is 5.52. The number of nitrogens with one attached hydrogen (secondary N) is 1. The molecular formula is C13H12F3NO3. The number of benzene rings is 1. The van der Waals surface area contributed by atoms with E-state index in [2.05, 4.69) is 5.32 Å². The summed E-state index contributed by atoms with van der Waals surface area (Å²) in [6, 6.07) is 3.87. The van der Waals surface area contributed by atoms with Gasteiger partial charge in [0.2, 0.25) is 0 Å². The molecule has 0 saturated carbocycles. The van der Waals surface area contributed by atoms with Crippen molar-refractivity contribution < 1.29 is 27.9 Å². The second-order valence-corrected chi connectivity index (χ2v) is 4.08. The lowest BCUT2D eigenvalue weighted by Gasteiger charge is -2.09. The lowest BCUT2D eigenvalue weighted by molar-refractivity contribution is -0.137. The molecule has 0 spiro atoms. The molecule has 0 unspecified atom stereocenters. The van der Waals surface area contributed by atoms with Crippen molar-refractivity contribution in [1.82, 2.24) is 0 Å². The topological polar surface area (TPSA) is 66.4 Å². The number of carbonyl (C=O) groups excluding carboxylic acids is 1. The van der Waals surface area contributed by atoms with Crippen molar-refractivity contribution in [1.29, 1.82) is 0 Å². The summed E-state index contributed by atoms with van der Waals surface area (Å²) in [7, 11) is 0. The molecular weight excluding hydrogens is 275 g/mol. The maximum Gasteiger partial charge on any atom is 0.416 e. The number of carbonyl (C=O) groups is 2. The fourth-order valence-electron chi connectivity index (χ4n) is 1.30. The largest absolute Gasteiger partial charge is 0.478 e. The first kappa shape index (κ1) is 15.7. The van der Waals surface area contributed by atoms with Crippen LogP contribution in [-0.2, 0) is 15.8 Å². The summed E-state index contributed by atoms with van der Waals surface area (Å²) in [6.45, 7) is 2.59. The third kappa shape index (κ3) is 3.84. The van der Waals surface area contributed by atoms with Crippen LogP contribution in [0, 0.1) is 0 Å². The monoisotopic (exact) mass is 287 g/mol. The van der Waals surface area contributed by atoms with Gasteiger partial charge in [-0.2, -0.15) is 13.2 Å². The normalized spacial score (nSPS) is 12.7. The minimum atomic E-state index is -4.45. The molecule has 1 rings (SSSR count). The van der Waals surface area contributed by atoms with Gasteiger partial charge in [-0.25, -0.2) is 4.79 Å². The minimum Gasteiger partial charge on any atom is -0.478 e. The molecule has 0 heterocycles. The Morgan fingerprint density at radius 2 is 1.55 bits per heavy atom. The number of hydrogen-bond donors (Lipinski definition) is 2. The number of aliphatic carboxylic acids is 1. The maximum atomic E-state index is 12.3. The van der Waals surface area contributed by atoms with Gasteiger partial charge in [0.1, 0.15) is 0 Å². The Labute approximate surface area is 112 Å². The molecule has 1 aromatic carbocycles. The summed E-state index contributed by atoms with van der Waals surface area (Å²) in [5, 5.41) is 11.1. The van der Waals surface area contributed by atoms with Crippen LogP contribution in [0.2, 0.25) is 0 Å². The van der Waals surface area contributed by atoms with Gasteiger partial charge in [0, 0.05) is 16.8 Å². The first-order chi connectivity index (χ1) is 9.12. The predicted octanol–water partition coefficient (Wildman–Crippen LogP) is 3.06. The van der Waals surface area contributed by atoms with Gasteiger partial charge in [-0.15, -0.1) is 0 Å². The smallest absolute Gasteiger partial charge is 0.416 e. The Morgan fingerprint density at radius 3 is 1.95 bits per heavy atom. The van der Waals surface area contributed by atoms with Crippen LogP contribution in [0.15, 0.2) is 35.4 Å². The number of hydrogen-bond acceptors (Lipinski definition) is 2. The Kier molecular flexibility index (Phi) is 4.54. The van der Waals surface area contributed by atoms with Gasteiger partial charge < -0.3 is 10.4 Å². The quantitative estimate of drug-likeness (QED) is 0.840. The maximum absolute atomic E-state index is 12.3. The zero-order chi connectivity index (χ0) is 15.5. The molecule has 108 valence electrons. The number of carboxylic acids is 1. The minimum absolute atomic E-state index is 0.0163. The SMILES string of the molecule is CC(C(=O)O)=C(C)C(=O)Nc1ccc(C(F)(F)F)cc1. The molecule has 0 bridgehead atoms. The van der Waals surface area contributed by atoms with Gasteiger partial charge in [-0.05, 0) is 38.1 Å². The highest BCUT2D eigenvalue weighted by Crippen LogP contribution is 2.29. The van der Waals surface area contributed by atoms with Gasteiger partial charge in [0.05, 0.1) is 5.56 Å². The number of halogens is 3. The molecule has 0 radical (unpaired) electrons. The van der Waals surface area contributed by atoms with E-state index >= 15 is 0 Å². The molecule has 4 nitrogen and oxygen atoms in total. The Morgan fingerprint density at radius 1 is 1.05 bits per heavy atom. The van der Waals surface area contributed by atoms with Gasteiger partial charge >= 0.3 is 12.1 Å². The average Bonchev–Trinajstić information content (AvgIpc) is 2.36. The zero-order valence-corrected chi connectivity index (χ0v) is 10.7. The first-order valence-electron chi connectivity index (χ1n) is 5.52. The molecule has 0 fully saturated rings. The van der Waals surface area contributed by atoms with Crippen molar-refractivity contribution in [3.63, 3.8) is 0 Å². The molecule has 0 aliphatic heterocycles.